The number of ether oxygens (including phenoxy) is 1. The van der Waals surface area contributed by atoms with Crippen molar-refractivity contribution >= 4 is 40.8 Å². The normalized spacial score (nSPS) is 11.7. The van der Waals surface area contributed by atoms with Crippen molar-refractivity contribution in [3.05, 3.63) is 63.4 Å². The van der Waals surface area contributed by atoms with Gasteiger partial charge in [-0.1, -0.05) is 29.3 Å². The molecule has 0 bridgehead atoms. The van der Waals surface area contributed by atoms with Crippen LogP contribution in [0.5, 0.6) is 0 Å². The molecule has 0 aliphatic rings. The van der Waals surface area contributed by atoms with Crippen LogP contribution in [-0.4, -0.2) is 18.0 Å². The zero-order valence-electron chi connectivity index (χ0n) is 12.9. The maximum Gasteiger partial charge on any atom is 0.341 e. The van der Waals surface area contributed by atoms with Gasteiger partial charge in [0, 0.05) is 15.7 Å². The van der Waals surface area contributed by atoms with Gasteiger partial charge in [-0.2, -0.15) is 0 Å². The SMILES string of the molecule is Cc1ccc(Cl)cc1NC(=O)[C@@H](C)OC(=O)c1cc(Cl)ccc1F. The van der Waals surface area contributed by atoms with E-state index in [1.807, 2.05) is 0 Å². The molecule has 2 aromatic rings. The molecule has 0 aliphatic carbocycles. The lowest BCUT2D eigenvalue weighted by Crippen LogP contribution is -2.30. The standard InChI is InChI=1S/C17H14Cl2FNO3/c1-9-3-4-12(19)8-15(9)21-16(22)10(2)24-17(23)13-7-11(18)5-6-14(13)20/h3-8,10H,1-2H3,(H,21,22)/t10-/m1/s1. The topological polar surface area (TPSA) is 55.4 Å². The van der Waals surface area contributed by atoms with Gasteiger partial charge in [0.05, 0.1) is 5.56 Å². The Morgan fingerprint density at radius 3 is 2.46 bits per heavy atom. The Labute approximate surface area is 148 Å². The first kappa shape index (κ1) is 18.2. The molecule has 24 heavy (non-hydrogen) atoms. The minimum Gasteiger partial charge on any atom is -0.449 e. The van der Waals surface area contributed by atoms with Crippen LogP contribution < -0.4 is 5.32 Å². The van der Waals surface area contributed by atoms with Crippen molar-refractivity contribution < 1.29 is 18.7 Å². The van der Waals surface area contributed by atoms with E-state index >= 15 is 0 Å². The third-order valence-corrected chi connectivity index (χ3v) is 3.73. The molecular weight excluding hydrogens is 356 g/mol. The zero-order chi connectivity index (χ0) is 17.9. The molecule has 1 N–H and O–H groups in total. The predicted molar refractivity (Wildman–Crippen MR) is 91.1 cm³/mol. The number of amides is 1. The van der Waals surface area contributed by atoms with Crippen LogP contribution in [0.15, 0.2) is 36.4 Å². The van der Waals surface area contributed by atoms with Crippen LogP contribution in [0.3, 0.4) is 0 Å². The molecule has 0 saturated carbocycles. The lowest BCUT2D eigenvalue weighted by atomic mass is 10.2. The first-order valence-electron chi connectivity index (χ1n) is 7.01. The Morgan fingerprint density at radius 1 is 1.12 bits per heavy atom. The average Bonchev–Trinajstić information content (AvgIpc) is 2.53. The van der Waals surface area contributed by atoms with Crippen molar-refractivity contribution in [2.24, 2.45) is 0 Å². The van der Waals surface area contributed by atoms with E-state index in [4.69, 9.17) is 27.9 Å². The molecule has 0 aliphatic heterocycles. The average molecular weight is 370 g/mol. The molecule has 2 rings (SSSR count). The Bertz CT molecular complexity index is 795. The van der Waals surface area contributed by atoms with Gasteiger partial charge in [0.1, 0.15) is 5.82 Å². The van der Waals surface area contributed by atoms with Gasteiger partial charge >= 0.3 is 5.97 Å². The third kappa shape index (κ3) is 4.46. The minimum atomic E-state index is -1.13. The summed E-state index contributed by atoms with van der Waals surface area (Å²) in [5, 5.41) is 3.26. The van der Waals surface area contributed by atoms with E-state index < -0.39 is 23.8 Å². The van der Waals surface area contributed by atoms with Crippen molar-refractivity contribution in [3.63, 3.8) is 0 Å². The molecule has 0 saturated heterocycles. The number of nitrogens with one attached hydrogen (secondary N) is 1. The number of halogens is 3. The van der Waals surface area contributed by atoms with E-state index in [0.717, 1.165) is 17.7 Å². The van der Waals surface area contributed by atoms with Crippen molar-refractivity contribution in [2.45, 2.75) is 20.0 Å². The van der Waals surface area contributed by atoms with Gasteiger partial charge in [-0.25, -0.2) is 9.18 Å². The summed E-state index contributed by atoms with van der Waals surface area (Å²) in [4.78, 5) is 24.1. The lowest BCUT2D eigenvalue weighted by Gasteiger charge is -2.15. The number of hydrogen-bond acceptors (Lipinski definition) is 3. The molecule has 126 valence electrons. The molecule has 4 nitrogen and oxygen atoms in total. The largest absolute Gasteiger partial charge is 0.449 e. The number of carbonyl (C=O) groups excluding carboxylic acids is 2. The van der Waals surface area contributed by atoms with Gasteiger partial charge in [-0.15, -0.1) is 0 Å². The Balaban J connectivity index is 2.07. The van der Waals surface area contributed by atoms with Crippen LogP contribution in [0.25, 0.3) is 0 Å². The maximum absolute atomic E-state index is 13.6. The van der Waals surface area contributed by atoms with Crippen molar-refractivity contribution in [1.82, 2.24) is 0 Å². The molecule has 0 spiro atoms. The number of benzene rings is 2. The molecule has 1 amide bonds. The summed E-state index contributed by atoms with van der Waals surface area (Å²) in [6.45, 7) is 3.18. The highest BCUT2D eigenvalue weighted by Gasteiger charge is 2.22. The van der Waals surface area contributed by atoms with Crippen LogP contribution in [0.2, 0.25) is 10.0 Å². The van der Waals surface area contributed by atoms with Crippen LogP contribution >= 0.6 is 23.2 Å². The molecule has 2 aromatic carbocycles. The summed E-state index contributed by atoms with van der Waals surface area (Å²) in [5.74, 6) is -2.31. The Kier molecular flexibility index (Phi) is 5.80. The summed E-state index contributed by atoms with van der Waals surface area (Å²) in [7, 11) is 0. The highest BCUT2D eigenvalue weighted by molar-refractivity contribution is 6.31. The number of hydrogen-bond donors (Lipinski definition) is 1. The predicted octanol–water partition coefficient (Wildman–Crippen LogP) is 4.62. The number of rotatable bonds is 4. The fourth-order valence-corrected chi connectivity index (χ4v) is 2.24. The van der Waals surface area contributed by atoms with Gasteiger partial charge in [-0.3, -0.25) is 4.79 Å². The van der Waals surface area contributed by atoms with E-state index in [0.29, 0.717) is 10.7 Å². The number of esters is 1. The summed E-state index contributed by atoms with van der Waals surface area (Å²) < 4.78 is 18.6. The fraction of sp³-hybridized carbons (Fsp3) is 0.176. The zero-order valence-corrected chi connectivity index (χ0v) is 14.4. The minimum absolute atomic E-state index is 0.190. The van der Waals surface area contributed by atoms with Crippen LogP contribution in [0.4, 0.5) is 10.1 Å². The first-order valence-corrected chi connectivity index (χ1v) is 7.76. The van der Waals surface area contributed by atoms with Crippen LogP contribution in [0.1, 0.15) is 22.8 Å². The molecule has 7 heteroatoms. The summed E-state index contributed by atoms with van der Waals surface area (Å²) in [5.41, 5.74) is 0.970. The quantitative estimate of drug-likeness (QED) is 0.799. The molecule has 0 fully saturated rings. The van der Waals surface area contributed by atoms with Crippen molar-refractivity contribution in [3.8, 4) is 0 Å². The monoisotopic (exact) mass is 369 g/mol. The van der Waals surface area contributed by atoms with Crippen LogP contribution in [-0.2, 0) is 9.53 Å². The van der Waals surface area contributed by atoms with Gasteiger partial charge in [0.25, 0.3) is 5.91 Å². The van der Waals surface area contributed by atoms with Gasteiger partial charge < -0.3 is 10.1 Å². The van der Waals surface area contributed by atoms with Crippen molar-refractivity contribution in [2.75, 3.05) is 5.32 Å². The maximum atomic E-state index is 13.6. The van der Waals surface area contributed by atoms with E-state index in [1.165, 1.54) is 13.0 Å². The second-order valence-electron chi connectivity index (χ2n) is 5.12. The van der Waals surface area contributed by atoms with Crippen molar-refractivity contribution in [1.29, 1.82) is 0 Å². The Hall–Kier alpha value is -2.11. The number of carbonyl (C=O) groups is 2. The number of anilines is 1. The molecule has 1 atom stereocenters. The molecule has 0 radical (unpaired) electrons. The third-order valence-electron chi connectivity index (χ3n) is 3.26. The fourth-order valence-electron chi connectivity index (χ4n) is 1.89. The molecule has 0 aromatic heterocycles. The second kappa shape index (κ2) is 7.64. The van der Waals surface area contributed by atoms with Gasteiger partial charge in [0.15, 0.2) is 6.10 Å². The highest BCUT2D eigenvalue weighted by Crippen LogP contribution is 2.21. The van der Waals surface area contributed by atoms with E-state index in [2.05, 4.69) is 5.32 Å². The van der Waals surface area contributed by atoms with Crippen LogP contribution in [0, 0.1) is 12.7 Å². The summed E-state index contributed by atoms with van der Waals surface area (Å²) >= 11 is 11.6. The van der Waals surface area contributed by atoms with E-state index in [9.17, 15) is 14.0 Å². The van der Waals surface area contributed by atoms with Gasteiger partial charge in [0.2, 0.25) is 0 Å². The molecular formula is C17H14Cl2FNO3. The summed E-state index contributed by atoms with van der Waals surface area (Å²) in [6.07, 6.45) is -1.13. The number of aryl methyl sites for hydroxylation is 1. The summed E-state index contributed by atoms with van der Waals surface area (Å²) in [6, 6.07) is 8.53. The smallest absolute Gasteiger partial charge is 0.341 e. The van der Waals surface area contributed by atoms with Gasteiger partial charge in [-0.05, 0) is 49.7 Å². The van der Waals surface area contributed by atoms with E-state index in [-0.39, 0.29) is 10.6 Å². The Morgan fingerprint density at radius 2 is 1.75 bits per heavy atom. The first-order chi connectivity index (χ1) is 11.3. The second-order valence-corrected chi connectivity index (χ2v) is 5.99. The molecule has 0 unspecified atom stereocenters. The lowest BCUT2D eigenvalue weighted by molar-refractivity contribution is -0.123. The highest BCUT2D eigenvalue weighted by atomic mass is 35.5. The molecule has 0 heterocycles. The van der Waals surface area contributed by atoms with E-state index in [1.54, 1.807) is 25.1 Å².